The minimum Gasteiger partial charge on any atom is -0.457 e. The quantitative estimate of drug-likeness (QED) is 0.802. The Morgan fingerprint density at radius 1 is 1.15 bits per heavy atom. The Morgan fingerprint density at radius 3 is 2.50 bits per heavy atom. The molecule has 0 aliphatic carbocycles. The highest BCUT2D eigenvalue weighted by atomic mass is 32.2. The molecule has 0 aliphatic heterocycles. The first-order chi connectivity index (χ1) is 9.78. The van der Waals surface area contributed by atoms with Gasteiger partial charge in [0.15, 0.2) is 0 Å². The Kier molecular flexibility index (Phi) is 5.47. The van der Waals surface area contributed by atoms with Crippen LogP contribution in [0.3, 0.4) is 0 Å². The second-order valence-corrected chi connectivity index (χ2v) is 5.21. The van der Waals surface area contributed by atoms with E-state index < -0.39 is 0 Å². The molecule has 0 saturated carbocycles. The summed E-state index contributed by atoms with van der Waals surface area (Å²) in [6.45, 7) is 0.613. The van der Waals surface area contributed by atoms with Gasteiger partial charge in [0, 0.05) is 23.6 Å². The van der Waals surface area contributed by atoms with Gasteiger partial charge in [0.05, 0.1) is 0 Å². The Hall–Kier alpha value is -1.49. The molecule has 0 bridgehead atoms. The standard InChI is InChI=1S/C16H19NO2S/c1-20-16-4-2-3-15(14(16)11-17)19-13-7-5-12(6-8-13)9-10-18/h2-8,18H,9-11,17H2,1H3. The Morgan fingerprint density at radius 2 is 1.90 bits per heavy atom. The van der Waals surface area contributed by atoms with E-state index in [1.807, 2.05) is 48.7 Å². The molecule has 4 heteroatoms. The lowest BCUT2D eigenvalue weighted by Gasteiger charge is -2.13. The van der Waals surface area contributed by atoms with Crippen molar-refractivity contribution in [2.45, 2.75) is 17.9 Å². The number of hydrogen-bond donors (Lipinski definition) is 2. The predicted octanol–water partition coefficient (Wildman–Crippen LogP) is 3.19. The van der Waals surface area contributed by atoms with Crippen molar-refractivity contribution in [3.05, 3.63) is 53.6 Å². The van der Waals surface area contributed by atoms with Gasteiger partial charge in [-0.1, -0.05) is 18.2 Å². The highest BCUT2D eigenvalue weighted by Crippen LogP contribution is 2.31. The lowest BCUT2D eigenvalue weighted by molar-refractivity contribution is 0.299. The summed E-state index contributed by atoms with van der Waals surface area (Å²) in [6, 6.07) is 13.7. The normalized spacial score (nSPS) is 10.6. The predicted molar refractivity (Wildman–Crippen MR) is 83.4 cm³/mol. The van der Waals surface area contributed by atoms with E-state index in [0.717, 1.165) is 27.5 Å². The molecule has 3 nitrogen and oxygen atoms in total. The molecule has 0 saturated heterocycles. The fourth-order valence-corrected chi connectivity index (χ4v) is 2.66. The van der Waals surface area contributed by atoms with Crippen LogP contribution in [0.5, 0.6) is 11.5 Å². The van der Waals surface area contributed by atoms with E-state index in [9.17, 15) is 0 Å². The number of aliphatic hydroxyl groups excluding tert-OH is 1. The van der Waals surface area contributed by atoms with Gasteiger partial charge < -0.3 is 15.6 Å². The fourth-order valence-electron chi connectivity index (χ4n) is 2.01. The smallest absolute Gasteiger partial charge is 0.133 e. The Bertz CT molecular complexity index is 555. The van der Waals surface area contributed by atoms with Gasteiger partial charge in [-0.3, -0.25) is 0 Å². The molecule has 20 heavy (non-hydrogen) atoms. The second kappa shape index (κ2) is 7.33. The maximum Gasteiger partial charge on any atom is 0.133 e. The number of nitrogens with two attached hydrogens (primary N) is 1. The van der Waals surface area contributed by atoms with E-state index in [2.05, 4.69) is 0 Å². The first-order valence-corrected chi connectivity index (χ1v) is 7.74. The summed E-state index contributed by atoms with van der Waals surface area (Å²) in [5.41, 5.74) is 7.94. The summed E-state index contributed by atoms with van der Waals surface area (Å²) in [4.78, 5) is 1.14. The average Bonchev–Trinajstić information content (AvgIpc) is 2.49. The first kappa shape index (κ1) is 14.9. The van der Waals surface area contributed by atoms with E-state index in [4.69, 9.17) is 15.6 Å². The van der Waals surface area contributed by atoms with Crippen LogP contribution in [0.2, 0.25) is 0 Å². The molecule has 0 unspecified atom stereocenters. The van der Waals surface area contributed by atoms with Crippen LogP contribution in [0.4, 0.5) is 0 Å². The van der Waals surface area contributed by atoms with E-state index >= 15 is 0 Å². The van der Waals surface area contributed by atoms with Crippen molar-refractivity contribution in [3.63, 3.8) is 0 Å². The van der Waals surface area contributed by atoms with Crippen molar-refractivity contribution < 1.29 is 9.84 Å². The summed E-state index contributed by atoms with van der Waals surface area (Å²) < 4.78 is 5.92. The number of ether oxygens (including phenoxy) is 1. The van der Waals surface area contributed by atoms with Crippen molar-refractivity contribution in [2.24, 2.45) is 5.73 Å². The zero-order chi connectivity index (χ0) is 14.4. The molecular formula is C16H19NO2S. The van der Waals surface area contributed by atoms with Crippen molar-refractivity contribution in [2.75, 3.05) is 12.9 Å². The zero-order valence-electron chi connectivity index (χ0n) is 11.5. The molecule has 0 atom stereocenters. The van der Waals surface area contributed by atoms with Gasteiger partial charge in [-0.2, -0.15) is 0 Å². The Balaban J connectivity index is 2.21. The molecule has 2 aromatic carbocycles. The lowest BCUT2D eigenvalue weighted by Crippen LogP contribution is -2.01. The van der Waals surface area contributed by atoms with Crippen molar-refractivity contribution >= 4 is 11.8 Å². The van der Waals surface area contributed by atoms with Crippen LogP contribution in [0.1, 0.15) is 11.1 Å². The second-order valence-electron chi connectivity index (χ2n) is 4.36. The molecule has 0 radical (unpaired) electrons. The summed E-state index contributed by atoms with van der Waals surface area (Å²) >= 11 is 1.67. The average molecular weight is 289 g/mol. The van der Waals surface area contributed by atoms with Crippen LogP contribution in [-0.4, -0.2) is 18.0 Å². The van der Waals surface area contributed by atoms with Crippen LogP contribution in [0.15, 0.2) is 47.4 Å². The third kappa shape index (κ3) is 3.54. The van der Waals surface area contributed by atoms with Crippen molar-refractivity contribution in [3.8, 4) is 11.5 Å². The molecule has 0 aliphatic rings. The molecule has 106 valence electrons. The minimum absolute atomic E-state index is 0.160. The minimum atomic E-state index is 0.160. The van der Waals surface area contributed by atoms with E-state index in [0.29, 0.717) is 13.0 Å². The van der Waals surface area contributed by atoms with Gasteiger partial charge in [-0.15, -0.1) is 11.8 Å². The first-order valence-electron chi connectivity index (χ1n) is 6.52. The van der Waals surface area contributed by atoms with Crippen LogP contribution in [-0.2, 0) is 13.0 Å². The molecule has 0 amide bonds. The molecule has 2 aromatic rings. The van der Waals surface area contributed by atoms with Gasteiger partial charge >= 0.3 is 0 Å². The fraction of sp³-hybridized carbons (Fsp3) is 0.250. The van der Waals surface area contributed by atoms with Crippen molar-refractivity contribution in [1.82, 2.24) is 0 Å². The van der Waals surface area contributed by atoms with E-state index in [1.165, 1.54) is 0 Å². The third-order valence-corrected chi connectivity index (χ3v) is 3.89. The zero-order valence-corrected chi connectivity index (χ0v) is 12.3. The van der Waals surface area contributed by atoms with Crippen LogP contribution in [0, 0.1) is 0 Å². The number of thioether (sulfide) groups is 1. The van der Waals surface area contributed by atoms with Crippen LogP contribution < -0.4 is 10.5 Å². The van der Waals surface area contributed by atoms with Gasteiger partial charge in [0.25, 0.3) is 0 Å². The maximum atomic E-state index is 8.90. The maximum absolute atomic E-state index is 8.90. The summed E-state index contributed by atoms with van der Waals surface area (Å²) in [5, 5.41) is 8.90. The van der Waals surface area contributed by atoms with E-state index in [1.54, 1.807) is 11.8 Å². The largest absolute Gasteiger partial charge is 0.457 e. The van der Waals surface area contributed by atoms with Gasteiger partial charge in [0.2, 0.25) is 0 Å². The summed E-state index contributed by atoms with van der Waals surface area (Å²) in [7, 11) is 0. The van der Waals surface area contributed by atoms with Crippen LogP contribution >= 0.6 is 11.8 Å². The van der Waals surface area contributed by atoms with Crippen LogP contribution in [0.25, 0.3) is 0 Å². The van der Waals surface area contributed by atoms with Gasteiger partial charge in [-0.25, -0.2) is 0 Å². The molecule has 0 heterocycles. The molecule has 3 N–H and O–H groups in total. The molecule has 0 fully saturated rings. The van der Waals surface area contributed by atoms with Gasteiger partial charge in [-0.05, 0) is 42.5 Å². The number of aliphatic hydroxyl groups is 1. The van der Waals surface area contributed by atoms with Gasteiger partial charge in [0.1, 0.15) is 11.5 Å². The molecule has 2 rings (SSSR count). The number of hydrogen-bond acceptors (Lipinski definition) is 4. The van der Waals surface area contributed by atoms with E-state index in [-0.39, 0.29) is 6.61 Å². The summed E-state index contributed by atoms with van der Waals surface area (Å²) in [6.07, 6.45) is 2.69. The molecule has 0 aromatic heterocycles. The summed E-state index contributed by atoms with van der Waals surface area (Å²) in [5.74, 6) is 1.58. The third-order valence-electron chi connectivity index (χ3n) is 3.07. The monoisotopic (exact) mass is 289 g/mol. The highest BCUT2D eigenvalue weighted by molar-refractivity contribution is 7.98. The molecule has 0 spiro atoms. The lowest BCUT2D eigenvalue weighted by atomic mass is 10.1. The Labute approximate surface area is 123 Å². The molecular weight excluding hydrogens is 270 g/mol. The SMILES string of the molecule is CSc1cccc(Oc2ccc(CCO)cc2)c1CN. The number of benzene rings is 2. The topological polar surface area (TPSA) is 55.5 Å². The highest BCUT2D eigenvalue weighted by Gasteiger charge is 2.08. The number of rotatable bonds is 6. The van der Waals surface area contributed by atoms with Crippen molar-refractivity contribution in [1.29, 1.82) is 0 Å².